The SMILES string of the molecule is O=C(Nc1ccc(-c2ccccc2F)c(F)c1)C1=C(c2ccnc(N3CC[C@H](O)C3)c2)C2CCC1O2. The van der Waals surface area contributed by atoms with Gasteiger partial charge < -0.3 is 20.1 Å². The van der Waals surface area contributed by atoms with Gasteiger partial charge in [-0.25, -0.2) is 13.8 Å². The lowest BCUT2D eigenvalue weighted by Gasteiger charge is -2.20. The quantitative estimate of drug-likeness (QED) is 0.550. The first-order valence-electron chi connectivity index (χ1n) is 12.1. The van der Waals surface area contributed by atoms with Gasteiger partial charge in [0, 0.05) is 36.1 Å². The fraction of sp³-hybridized carbons (Fsp3) is 0.286. The van der Waals surface area contributed by atoms with Crippen LogP contribution in [0, 0.1) is 11.6 Å². The molecule has 6 nitrogen and oxygen atoms in total. The normalized spacial score (nSPS) is 23.0. The van der Waals surface area contributed by atoms with Crippen LogP contribution in [0.4, 0.5) is 20.3 Å². The van der Waals surface area contributed by atoms with E-state index in [1.165, 1.54) is 24.3 Å². The second-order valence-corrected chi connectivity index (χ2v) is 9.44. The van der Waals surface area contributed by atoms with E-state index in [-0.39, 0.29) is 41.0 Å². The van der Waals surface area contributed by atoms with Crippen LogP contribution in [0.3, 0.4) is 0 Å². The predicted octanol–water partition coefficient (Wildman–Crippen LogP) is 4.55. The molecule has 6 rings (SSSR count). The number of amides is 1. The molecule has 2 N–H and O–H groups in total. The maximum atomic E-state index is 14.9. The van der Waals surface area contributed by atoms with Gasteiger partial charge in [0.05, 0.1) is 23.9 Å². The summed E-state index contributed by atoms with van der Waals surface area (Å²) in [6.07, 6.45) is 3.10. The van der Waals surface area contributed by atoms with Crippen LogP contribution in [0.1, 0.15) is 24.8 Å². The van der Waals surface area contributed by atoms with Crippen LogP contribution in [0.25, 0.3) is 16.7 Å². The molecule has 0 spiro atoms. The van der Waals surface area contributed by atoms with Crippen molar-refractivity contribution < 1.29 is 23.4 Å². The second kappa shape index (κ2) is 9.11. The van der Waals surface area contributed by atoms with Crippen LogP contribution in [0.5, 0.6) is 0 Å². The summed E-state index contributed by atoms with van der Waals surface area (Å²) in [7, 11) is 0. The van der Waals surface area contributed by atoms with Crippen LogP contribution in [-0.4, -0.2) is 47.4 Å². The third-order valence-electron chi connectivity index (χ3n) is 7.13. The largest absolute Gasteiger partial charge is 0.391 e. The van der Waals surface area contributed by atoms with Crippen LogP contribution in [-0.2, 0) is 9.53 Å². The summed E-state index contributed by atoms with van der Waals surface area (Å²) < 4.78 is 35.1. The second-order valence-electron chi connectivity index (χ2n) is 9.44. The Morgan fingerprint density at radius 1 is 1.00 bits per heavy atom. The third-order valence-corrected chi connectivity index (χ3v) is 7.13. The number of β-amino-alcohol motifs (C(OH)–C–C–N with tert-alkyl or cyclic N) is 1. The molecular weight excluding hydrogens is 464 g/mol. The fourth-order valence-corrected chi connectivity index (χ4v) is 5.42. The number of nitrogens with zero attached hydrogens (tertiary/aromatic N) is 2. The Morgan fingerprint density at radius 2 is 1.81 bits per heavy atom. The first-order chi connectivity index (χ1) is 17.5. The molecule has 3 aliphatic heterocycles. The van der Waals surface area contributed by atoms with E-state index in [9.17, 15) is 18.7 Å². The summed E-state index contributed by atoms with van der Waals surface area (Å²) in [4.78, 5) is 19.9. The molecule has 1 aromatic heterocycles. The number of pyridine rings is 1. The Kier molecular flexibility index (Phi) is 5.78. The zero-order valence-electron chi connectivity index (χ0n) is 19.5. The number of carbonyl (C=O) groups is 1. The summed E-state index contributed by atoms with van der Waals surface area (Å²) in [6, 6.07) is 14.0. The van der Waals surface area contributed by atoms with Crippen molar-refractivity contribution >= 4 is 23.0 Å². The highest BCUT2D eigenvalue weighted by Crippen LogP contribution is 2.45. The van der Waals surface area contributed by atoms with Crippen molar-refractivity contribution in [3.8, 4) is 11.1 Å². The molecule has 2 unspecified atom stereocenters. The van der Waals surface area contributed by atoms with Crippen LogP contribution in [0.2, 0.25) is 0 Å². The van der Waals surface area contributed by atoms with Crippen molar-refractivity contribution in [2.24, 2.45) is 0 Å². The monoisotopic (exact) mass is 489 g/mol. The predicted molar refractivity (Wildman–Crippen MR) is 132 cm³/mol. The Balaban J connectivity index is 1.29. The van der Waals surface area contributed by atoms with Crippen molar-refractivity contribution in [3.05, 3.63) is 83.6 Å². The van der Waals surface area contributed by atoms with E-state index in [0.717, 1.165) is 36.3 Å². The number of anilines is 2. The number of benzene rings is 2. The maximum Gasteiger partial charge on any atom is 0.254 e. The highest BCUT2D eigenvalue weighted by molar-refractivity contribution is 6.11. The highest BCUT2D eigenvalue weighted by Gasteiger charge is 2.44. The van der Waals surface area contributed by atoms with Gasteiger partial charge in [0.1, 0.15) is 17.5 Å². The van der Waals surface area contributed by atoms with Gasteiger partial charge in [-0.3, -0.25) is 4.79 Å². The van der Waals surface area contributed by atoms with Gasteiger partial charge in [-0.15, -0.1) is 0 Å². The van der Waals surface area contributed by atoms with Crippen LogP contribution < -0.4 is 10.2 Å². The molecule has 184 valence electrons. The minimum absolute atomic E-state index is 0.130. The molecule has 8 heteroatoms. The zero-order chi connectivity index (χ0) is 24.8. The molecule has 3 aromatic rings. The molecule has 2 aromatic carbocycles. The molecular formula is C28H25F2N3O3. The lowest BCUT2D eigenvalue weighted by Crippen LogP contribution is -2.24. The van der Waals surface area contributed by atoms with Gasteiger partial charge >= 0.3 is 0 Å². The lowest BCUT2D eigenvalue weighted by molar-refractivity contribution is -0.113. The number of nitrogens with one attached hydrogen (secondary N) is 1. The standard InChI is InChI=1S/C28H25F2N3O3/c29-21-4-2-1-3-19(21)20-6-5-17(14-22(20)30)32-28(35)27-24-8-7-23(36-24)26(27)16-9-11-31-25(13-16)33-12-10-18(34)15-33/h1-6,9,11,13-14,18,23-24,34H,7-8,10,12,15H2,(H,32,35)/t18-,23?,24?/m0/s1. The topological polar surface area (TPSA) is 74.7 Å². The van der Waals surface area contributed by atoms with E-state index in [1.807, 2.05) is 17.0 Å². The van der Waals surface area contributed by atoms with Crippen LogP contribution >= 0.6 is 0 Å². The van der Waals surface area contributed by atoms with E-state index in [2.05, 4.69) is 10.3 Å². The number of fused-ring (bicyclic) bond motifs is 2. The molecule has 2 bridgehead atoms. The van der Waals surface area contributed by atoms with Crippen molar-refractivity contribution in [3.63, 3.8) is 0 Å². The van der Waals surface area contributed by atoms with Gasteiger partial charge in [-0.05, 0) is 66.8 Å². The number of hydrogen-bond donors (Lipinski definition) is 2. The molecule has 0 aliphatic carbocycles. The zero-order valence-corrected chi connectivity index (χ0v) is 19.5. The lowest BCUT2D eigenvalue weighted by atomic mass is 9.87. The van der Waals surface area contributed by atoms with E-state index in [1.54, 1.807) is 24.4 Å². The van der Waals surface area contributed by atoms with Gasteiger partial charge in [-0.1, -0.05) is 18.2 Å². The number of aliphatic hydroxyl groups excluding tert-OH is 1. The number of aromatic nitrogens is 1. The van der Waals surface area contributed by atoms with Gasteiger partial charge in [0.25, 0.3) is 5.91 Å². The van der Waals surface area contributed by atoms with E-state index in [4.69, 9.17) is 4.74 Å². The minimum Gasteiger partial charge on any atom is -0.391 e. The van der Waals surface area contributed by atoms with Crippen molar-refractivity contribution in [2.45, 2.75) is 37.6 Å². The Labute approximate surface area is 207 Å². The molecule has 1 amide bonds. The summed E-state index contributed by atoms with van der Waals surface area (Å²) >= 11 is 0. The Morgan fingerprint density at radius 3 is 2.58 bits per heavy atom. The summed E-state index contributed by atoms with van der Waals surface area (Å²) in [5.41, 5.74) is 2.82. The average molecular weight is 490 g/mol. The van der Waals surface area contributed by atoms with Gasteiger partial charge in [0.2, 0.25) is 0 Å². The first kappa shape index (κ1) is 22.8. The molecule has 2 saturated heterocycles. The number of carbonyl (C=O) groups excluding carboxylic acids is 1. The molecule has 0 radical (unpaired) electrons. The first-order valence-corrected chi connectivity index (χ1v) is 12.1. The van der Waals surface area contributed by atoms with Crippen molar-refractivity contribution in [1.82, 2.24) is 4.98 Å². The Hall–Kier alpha value is -3.62. The maximum absolute atomic E-state index is 14.9. The van der Waals surface area contributed by atoms with E-state index >= 15 is 0 Å². The number of aliphatic hydroxyl groups is 1. The van der Waals surface area contributed by atoms with Gasteiger partial charge in [0.15, 0.2) is 0 Å². The summed E-state index contributed by atoms with van der Waals surface area (Å²) in [5.74, 6) is -0.722. The van der Waals surface area contributed by atoms with Gasteiger partial charge in [-0.2, -0.15) is 0 Å². The third kappa shape index (κ3) is 4.06. The smallest absolute Gasteiger partial charge is 0.254 e. The molecule has 2 fully saturated rings. The number of rotatable bonds is 5. The Bertz CT molecular complexity index is 1380. The van der Waals surface area contributed by atoms with E-state index < -0.39 is 11.6 Å². The molecule has 3 aliphatic rings. The summed E-state index contributed by atoms with van der Waals surface area (Å²) in [6.45, 7) is 1.25. The molecule has 0 saturated carbocycles. The number of halogens is 2. The van der Waals surface area contributed by atoms with Crippen LogP contribution in [0.15, 0.2) is 66.4 Å². The average Bonchev–Trinajstić information content (AvgIpc) is 3.61. The molecule has 36 heavy (non-hydrogen) atoms. The number of ether oxygens (including phenoxy) is 1. The van der Waals surface area contributed by atoms with E-state index in [0.29, 0.717) is 18.5 Å². The minimum atomic E-state index is -0.622. The highest BCUT2D eigenvalue weighted by atomic mass is 19.1. The fourth-order valence-electron chi connectivity index (χ4n) is 5.42. The summed E-state index contributed by atoms with van der Waals surface area (Å²) in [5, 5.41) is 12.7. The number of hydrogen-bond acceptors (Lipinski definition) is 5. The molecule has 4 heterocycles. The van der Waals surface area contributed by atoms with Crippen molar-refractivity contribution in [2.75, 3.05) is 23.3 Å². The van der Waals surface area contributed by atoms with Crippen molar-refractivity contribution in [1.29, 1.82) is 0 Å². The molecule has 3 atom stereocenters.